The number of hydrogen-bond acceptors (Lipinski definition) is 7. The molecule has 0 spiro atoms. The Kier molecular flexibility index (Phi) is 6.01. The number of benzene rings is 1. The van der Waals surface area contributed by atoms with E-state index >= 15 is 0 Å². The summed E-state index contributed by atoms with van der Waals surface area (Å²) in [6, 6.07) is 8.34. The molecule has 0 aliphatic heterocycles. The van der Waals surface area contributed by atoms with Gasteiger partial charge in [0.25, 0.3) is 0 Å². The molecule has 7 heteroatoms. The molecule has 0 radical (unpaired) electrons. The number of aryl methyl sites for hydroxylation is 1. The second-order valence-corrected chi connectivity index (χ2v) is 7.22. The van der Waals surface area contributed by atoms with Crippen LogP contribution in [0.2, 0.25) is 0 Å². The van der Waals surface area contributed by atoms with Gasteiger partial charge in [-0.1, -0.05) is 0 Å². The van der Waals surface area contributed by atoms with Gasteiger partial charge in [-0.3, -0.25) is 0 Å². The number of nitrogens with zero attached hydrogens (tertiary/aromatic N) is 3. The van der Waals surface area contributed by atoms with Crippen molar-refractivity contribution >= 4 is 17.5 Å². The monoisotopic (exact) mass is 371 g/mol. The minimum Gasteiger partial charge on any atom is -0.493 e. The maximum absolute atomic E-state index is 6.07. The minimum absolute atomic E-state index is 0.545. The molecule has 1 aliphatic rings. The van der Waals surface area contributed by atoms with Crippen LogP contribution < -0.4 is 20.1 Å². The molecule has 0 bridgehead atoms. The van der Waals surface area contributed by atoms with E-state index in [0.29, 0.717) is 24.5 Å². The van der Waals surface area contributed by atoms with Gasteiger partial charge in [0.05, 0.1) is 13.7 Å². The van der Waals surface area contributed by atoms with E-state index in [-0.39, 0.29) is 0 Å². The van der Waals surface area contributed by atoms with Gasteiger partial charge in [0, 0.05) is 36.6 Å². The molecule has 0 atom stereocenters. The average molecular weight is 371 g/mol. The standard InChI is InChI=1S/C20H29N5O2/c1-13-8-19(21-2)24-20(22-13)23-15-6-7-17(26-5)18(11-15)27-12-14-9-16(10-14)25(3)4/h6-8,11,14,16H,9-10,12H2,1-5H3,(H2,21,22,23,24). The number of ether oxygens (including phenoxy) is 2. The Morgan fingerprint density at radius 1 is 1.15 bits per heavy atom. The summed E-state index contributed by atoms with van der Waals surface area (Å²) < 4.78 is 11.5. The Morgan fingerprint density at radius 3 is 2.59 bits per heavy atom. The van der Waals surface area contributed by atoms with Crippen molar-refractivity contribution in [3.8, 4) is 11.5 Å². The van der Waals surface area contributed by atoms with Crippen molar-refractivity contribution in [1.29, 1.82) is 0 Å². The molecule has 1 fully saturated rings. The summed E-state index contributed by atoms with van der Waals surface area (Å²) in [6.07, 6.45) is 2.36. The number of aromatic nitrogens is 2. The highest BCUT2D eigenvalue weighted by Gasteiger charge is 2.31. The third-order valence-corrected chi connectivity index (χ3v) is 4.95. The predicted molar refractivity (Wildman–Crippen MR) is 108 cm³/mol. The van der Waals surface area contributed by atoms with Crippen molar-refractivity contribution in [2.75, 3.05) is 45.5 Å². The Labute approximate surface area is 161 Å². The van der Waals surface area contributed by atoms with Gasteiger partial charge in [-0.05, 0) is 51.9 Å². The third-order valence-electron chi connectivity index (χ3n) is 4.95. The number of methoxy groups -OCH3 is 1. The van der Waals surface area contributed by atoms with Crippen LogP contribution in [0.4, 0.5) is 17.5 Å². The average Bonchev–Trinajstić information content (AvgIpc) is 2.59. The third kappa shape index (κ3) is 4.80. The van der Waals surface area contributed by atoms with Crippen molar-refractivity contribution < 1.29 is 9.47 Å². The number of hydrogen-bond donors (Lipinski definition) is 2. The molecule has 0 saturated heterocycles. The fourth-order valence-electron chi connectivity index (χ4n) is 3.21. The summed E-state index contributed by atoms with van der Waals surface area (Å²) in [5, 5.41) is 6.29. The summed E-state index contributed by atoms with van der Waals surface area (Å²) in [6.45, 7) is 2.64. The Balaban J connectivity index is 1.67. The Bertz CT molecular complexity index is 775. The molecule has 3 rings (SSSR count). The van der Waals surface area contributed by atoms with Gasteiger partial charge in [0.1, 0.15) is 5.82 Å². The zero-order valence-corrected chi connectivity index (χ0v) is 16.7. The summed E-state index contributed by atoms with van der Waals surface area (Å²) in [7, 11) is 7.76. The van der Waals surface area contributed by atoms with Crippen LogP contribution in [-0.2, 0) is 0 Å². The number of nitrogens with one attached hydrogen (secondary N) is 2. The van der Waals surface area contributed by atoms with Gasteiger partial charge in [-0.25, -0.2) is 4.98 Å². The van der Waals surface area contributed by atoms with Crippen molar-refractivity contribution in [2.45, 2.75) is 25.8 Å². The summed E-state index contributed by atoms with van der Waals surface area (Å²) in [5.41, 5.74) is 1.75. The molecule has 1 heterocycles. The maximum Gasteiger partial charge on any atom is 0.229 e. The van der Waals surface area contributed by atoms with Crippen molar-refractivity contribution in [1.82, 2.24) is 14.9 Å². The van der Waals surface area contributed by atoms with Crippen LogP contribution in [0.1, 0.15) is 18.5 Å². The lowest BCUT2D eigenvalue weighted by atomic mass is 9.80. The van der Waals surface area contributed by atoms with Crippen molar-refractivity contribution in [3.63, 3.8) is 0 Å². The topological polar surface area (TPSA) is 71.5 Å². The van der Waals surface area contributed by atoms with E-state index in [4.69, 9.17) is 9.47 Å². The minimum atomic E-state index is 0.545. The molecule has 146 valence electrons. The van der Waals surface area contributed by atoms with Gasteiger partial charge in [-0.15, -0.1) is 0 Å². The zero-order valence-electron chi connectivity index (χ0n) is 16.7. The molecular formula is C20H29N5O2. The summed E-state index contributed by atoms with van der Waals surface area (Å²) in [4.78, 5) is 11.1. The zero-order chi connectivity index (χ0) is 19.4. The quantitative estimate of drug-likeness (QED) is 0.738. The Hall–Kier alpha value is -2.54. The summed E-state index contributed by atoms with van der Waals surface area (Å²) in [5.74, 6) is 3.37. The second-order valence-electron chi connectivity index (χ2n) is 7.22. The van der Waals surface area contributed by atoms with Crippen LogP contribution in [0.25, 0.3) is 0 Å². The lowest BCUT2D eigenvalue weighted by molar-refractivity contribution is 0.0821. The fourth-order valence-corrected chi connectivity index (χ4v) is 3.21. The van der Waals surface area contributed by atoms with Gasteiger partial charge >= 0.3 is 0 Å². The summed E-state index contributed by atoms with van der Waals surface area (Å²) >= 11 is 0. The fraction of sp³-hybridized carbons (Fsp3) is 0.500. The van der Waals surface area contributed by atoms with Crippen LogP contribution in [0.15, 0.2) is 24.3 Å². The van der Waals surface area contributed by atoms with Crippen LogP contribution in [0.3, 0.4) is 0 Å². The van der Waals surface area contributed by atoms with E-state index in [0.717, 1.165) is 28.7 Å². The van der Waals surface area contributed by atoms with E-state index in [1.807, 2.05) is 38.2 Å². The van der Waals surface area contributed by atoms with Gasteiger partial charge in [-0.2, -0.15) is 4.98 Å². The first-order chi connectivity index (χ1) is 13.0. The molecule has 2 aromatic rings. The van der Waals surface area contributed by atoms with Crippen LogP contribution in [0, 0.1) is 12.8 Å². The van der Waals surface area contributed by atoms with E-state index in [2.05, 4.69) is 39.6 Å². The highest BCUT2D eigenvalue weighted by atomic mass is 16.5. The van der Waals surface area contributed by atoms with E-state index < -0.39 is 0 Å². The van der Waals surface area contributed by atoms with E-state index in [1.54, 1.807) is 7.11 Å². The molecule has 0 amide bonds. The molecule has 2 N–H and O–H groups in total. The maximum atomic E-state index is 6.07. The molecular weight excluding hydrogens is 342 g/mol. The van der Waals surface area contributed by atoms with E-state index in [9.17, 15) is 0 Å². The smallest absolute Gasteiger partial charge is 0.229 e. The lowest BCUT2D eigenvalue weighted by Gasteiger charge is -2.39. The van der Waals surface area contributed by atoms with Crippen LogP contribution in [-0.4, -0.2) is 55.8 Å². The molecule has 1 aromatic carbocycles. The molecule has 27 heavy (non-hydrogen) atoms. The van der Waals surface area contributed by atoms with Crippen LogP contribution in [0.5, 0.6) is 11.5 Å². The first-order valence-corrected chi connectivity index (χ1v) is 9.26. The predicted octanol–water partition coefficient (Wildman–Crippen LogP) is 3.30. The molecule has 1 aromatic heterocycles. The van der Waals surface area contributed by atoms with Gasteiger partial charge < -0.3 is 25.0 Å². The number of anilines is 3. The van der Waals surface area contributed by atoms with Gasteiger partial charge in [0.15, 0.2) is 11.5 Å². The van der Waals surface area contributed by atoms with Crippen molar-refractivity contribution in [3.05, 3.63) is 30.0 Å². The highest BCUT2D eigenvalue weighted by Crippen LogP contribution is 2.35. The Morgan fingerprint density at radius 2 is 1.93 bits per heavy atom. The molecule has 0 unspecified atom stereocenters. The largest absolute Gasteiger partial charge is 0.493 e. The lowest BCUT2D eigenvalue weighted by Crippen LogP contribution is -2.42. The molecule has 1 aliphatic carbocycles. The molecule has 1 saturated carbocycles. The van der Waals surface area contributed by atoms with Crippen LogP contribution >= 0.6 is 0 Å². The van der Waals surface area contributed by atoms with Gasteiger partial charge in [0.2, 0.25) is 5.95 Å². The SMILES string of the molecule is CNc1cc(C)nc(Nc2ccc(OC)c(OCC3CC(N(C)C)C3)c2)n1. The first kappa shape index (κ1) is 19.2. The van der Waals surface area contributed by atoms with Crippen molar-refractivity contribution in [2.24, 2.45) is 5.92 Å². The normalized spacial score (nSPS) is 18.7. The highest BCUT2D eigenvalue weighted by molar-refractivity contribution is 5.60. The first-order valence-electron chi connectivity index (χ1n) is 9.26. The van der Waals surface area contributed by atoms with E-state index in [1.165, 1.54) is 12.8 Å². The number of rotatable bonds is 8. The molecule has 7 nitrogen and oxygen atoms in total. The second kappa shape index (κ2) is 8.43.